The Morgan fingerprint density at radius 2 is 2.17 bits per heavy atom. The van der Waals surface area contributed by atoms with E-state index in [1.165, 1.54) is 29.6 Å². The molecule has 1 aromatic carbocycles. The molecule has 0 saturated carbocycles. The summed E-state index contributed by atoms with van der Waals surface area (Å²) < 4.78 is 29.0. The molecular weight excluding hydrogens is 324 g/mol. The number of aryl methyl sites for hydroxylation is 1. The minimum atomic E-state index is -2.92. The van der Waals surface area contributed by atoms with E-state index in [1.807, 2.05) is 6.92 Å². The molecule has 5 nitrogen and oxygen atoms in total. The molecular formula is C15H15F2N3O2S. The van der Waals surface area contributed by atoms with Crippen molar-refractivity contribution in [2.24, 2.45) is 0 Å². The molecule has 0 spiro atoms. The molecule has 122 valence electrons. The van der Waals surface area contributed by atoms with Gasteiger partial charge in [0, 0.05) is 18.1 Å². The first-order valence-corrected chi connectivity index (χ1v) is 7.75. The first-order chi connectivity index (χ1) is 11.1. The number of alkyl halides is 2. The minimum Gasteiger partial charge on any atom is -0.434 e. The molecule has 2 rings (SSSR count). The third kappa shape index (κ3) is 5.41. The maximum Gasteiger partial charge on any atom is 0.387 e. The largest absolute Gasteiger partial charge is 0.434 e. The number of para-hydroxylation sites is 1. The van der Waals surface area contributed by atoms with Crippen LogP contribution in [0.4, 0.5) is 13.9 Å². The van der Waals surface area contributed by atoms with Gasteiger partial charge in [-0.25, -0.2) is 0 Å². The smallest absolute Gasteiger partial charge is 0.387 e. The summed E-state index contributed by atoms with van der Waals surface area (Å²) in [6.45, 7) is -0.891. The molecule has 8 heteroatoms. The Labute approximate surface area is 136 Å². The first-order valence-electron chi connectivity index (χ1n) is 6.93. The van der Waals surface area contributed by atoms with E-state index >= 15 is 0 Å². The molecule has 1 N–H and O–H groups in total. The molecule has 0 aliphatic rings. The van der Waals surface area contributed by atoms with Crippen LogP contribution in [-0.2, 0) is 11.2 Å². The zero-order chi connectivity index (χ0) is 16.7. The molecule has 0 atom stereocenters. The van der Waals surface area contributed by atoms with Crippen molar-refractivity contribution in [2.75, 3.05) is 5.32 Å². The van der Waals surface area contributed by atoms with Crippen molar-refractivity contribution in [1.82, 2.24) is 10.2 Å². The molecule has 1 aromatic heterocycles. The average Bonchev–Trinajstić information content (AvgIpc) is 2.93. The quantitative estimate of drug-likeness (QED) is 0.781. The Morgan fingerprint density at radius 1 is 1.39 bits per heavy atom. The van der Waals surface area contributed by atoms with Crippen LogP contribution in [0, 0.1) is 0 Å². The molecule has 0 unspecified atom stereocenters. The molecule has 0 aliphatic carbocycles. The summed E-state index contributed by atoms with van der Waals surface area (Å²) in [5.74, 6) is -0.413. The zero-order valence-electron chi connectivity index (χ0n) is 12.3. The van der Waals surface area contributed by atoms with E-state index < -0.39 is 12.5 Å². The Kier molecular flexibility index (Phi) is 6.16. The summed E-state index contributed by atoms with van der Waals surface area (Å²) in [5.41, 5.74) is 0.381. The summed E-state index contributed by atoms with van der Waals surface area (Å²) in [5, 5.41) is 11.6. The molecule has 0 saturated heterocycles. The molecule has 0 aliphatic heterocycles. The van der Waals surface area contributed by atoms with E-state index in [0.29, 0.717) is 10.7 Å². The van der Waals surface area contributed by atoms with E-state index in [0.717, 1.165) is 17.8 Å². The lowest BCUT2D eigenvalue weighted by molar-refractivity contribution is -0.111. The maximum absolute atomic E-state index is 12.3. The molecule has 23 heavy (non-hydrogen) atoms. The second-order valence-electron chi connectivity index (χ2n) is 4.49. The number of benzene rings is 1. The summed E-state index contributed by atoms with van der Waals surface area (Å²) in [7, 11) is 0. The van der Waals surface area contributed by atoms with Gasteiger partial charge in [0.05, 0.1) is 0 Å². The van der Waals surface area contributed by atoms with Gasteiger partial charge in [-0.1, -0.05) is 36.5 Å². The second-order valence-corrected chi connectivity index (χ2v) is 5.55. The van der Waals surface area contributed by atoms with Crippen LogP contribution in [0.25, 0.3) is 6.08 Å². The predicted octanol–water partition coefficient (Wildman–Crippen LogP) is 3.74. The van der Waals surface area contributed by atoms with E-state index in [-0.39, 0.29) is 5.75 Å². The standard InChI is InChI=1S/C15H15F2N3O2S/c1-2-5-13-19-20-15(23-13)18-12(21)9-8-10-6-3-4-7-11(10)22-14(16)17/h3-4,6-9,14H,2,5H2,1H3,(H,18,20,21)/b9-8+. The lowest BCUT2D eigenvalue weighted by atomic mass is 10.2. The number of rotatable bonds is 7. The summed E-state index contributed by atoms with van der Waals surface area (Å²) in [6, 6.07) is 6.22. The van der Waals surface area contributed by atoms with Gasteiger partial charge in [-0.05, 0) is 18.6 Å². The van der Waals surface area contributed by atoms with Gasteiger partial charge in [-0.3, -0.25) is 10.1 Å². The number of nitrogens with zero attached hydrogens (tertiary/aromatic N) is 2. The van der Waals surface area contributed by atoms with Gasteiger partial charge >= 0.3 is 6.61 Å². The normalized spacial score (nSPS) is 11.1. The van der Waals surface area contributed by atoms with Crippen LogP contribution in [0.5, 0.6) is 5.75 Å². The number of nitrogens with one attached hydrogen (secondary N) is 1. The number of halogens is 2. The summed E-state index contributed by atoms with van der Waals surface area (Å²) in [4.78, 5) is 11.8. The minimum absolute atomic E-state index is 0.00713. The first kappa shape index (κ1) is 17.0. The lowest BCUT2D eigenvalue weighted by Gasteiger charge is -2.07. The van der Waals surface area contributed by atoms with E-state index in [9.17, 15) is 13.6 Å². The number of carbonyl (C=O) groups is 1. The third-order valence-corrected chi connectivity index (χ3v) is 3.61. The Hall–Kier alpha value is -2.35. The Bertz CT molecular complexity index is 689. The van der Waals surface area contributed by atoms with Crippen molar-refractivity contribution < 1.29 is 18.3 Å². The van der Waals surface area contributed by atoms with Crippen LogP contribution in [0.2, 0.25) is 0 Å². The highest BCUT2D eigenvalue weighted by atomic mass is 32.1. The van der Waals surface area contributed by atoms with Crippen LogP contribution in [-0.4, -0.2) is 22.7 Å². The topological polar surface area (TPSA) is 64.1 Å². The summed E-state index contributed by atoms with van der Waals surface area (Å²) >= 11 is 1.31. The van der Waals surface area contributed by atoms with E-state index in [1.54, 1.807) is 18.2 Å². The summed E-state index contributed by atoms with van der Waals surface area (Å²) in [6.07, 6.45) is 4.39. The van der Waals surface area contributed by atoms with Gasteiger partial charge in [0.25, 0.3) is 0 Å². The molecule has 0 bridgehead atoms. The third-order valence-electron chi connectivity index (χ3n) is 2.71. The number of ether oxygens (including phenoxy) is 1. The van der Waals surface area contributed by atoms with Gasteiger partial charge < -0.3 is 4.74 Å². The highest BCUT2D eigenvalue weighted by Gasteiger charge is 2.08. The molecule has 0 fully saturated rings. The number of carbonyl (C=O) groups excluding carboxylic acids is 1. The van der Waals surface area contributed by atoms with Crippen molar-refractivity contribution in [3.05, 3.63) is 40.9 Å². The van der Waals surface area contributed by atoms with Gasteiger partial charge in [0.15, 0.2) is 0 Å². The van der Waals surface area contributed by atoms with Gasteiger partial charge in [0.1, 0.15) is 10.8 Å². The van der Waals surface area contributed by atoms with E-state index in [2.05, 4.69) is 20.3 Å². The van der Waals surface area contributed by atoms with Crippen LogP contribution in [0.1, 0.15) is 23.9 Å². The Balaban J connectivity index is 2.00. The molecule has 1 heterocycles. The lowest BCUT2D eigenvalue weighted by Crippen LogP contribution is -2.07. The number of hydrogen-bond acceptors (Lipinski definition) is 5. The molecule has 2 aromatic rings. The fourth-order valence-corrected chi connectivity index (χ4v) is 2.60. The number of anilines is 1. The van der Waals surface area contributed by atoms with Crippen LogP contribution < -0.4 is 10.1 Å². The highest BCUT2D eigenvalue weighted by Crippen LogP contribution is 2.22. The van der Waals surface area contributed by atoms with Crippen molar-refractivity contribution in [3.8, 4) is 5.75 Å². The van der Waals surface area contributed by atoms with Crippen LogP contribution in [0.3, 0.4) is 0 Å². The van der Waals surface area contributed by atoms with Gasteiger partial charge in [-0.15, -0.1) is 10.2 Å². The van der Waals surface area contributed by atoms with Crippen LogP contribution in [0.15, 0.2) is 30.3 Å². The fourth-order valence-electron chi connectivity index (χ4n) is 1.75. The van der Waals surface area contributed by atoms with E-state index in [4.69, 9.17) is 0 Å². The van der Waals surface area contributed by atoms with Gasteiger partial charge in [0.2, 0.25) is 11.0 Å². The van der Waals surface area contributed by atoms with Crippen molar-refractivity contribution in [3.63, 3.8) is 0 Å². The number of hydrogen-bond donors (Lipinski definition) is 1. The zero-order valence-corrected chi connectivity index (χ0v) is 13.1. The number of aromatic nitrogens is 2. The second kappa shape index (κ2) is 8.33. The molecule has 0 radical (unpaired) electrons. The van der Waals surface area contributed by atoms with Crippen LogP contribution >= 0.6 is 11.3 Å². The Morgan fingerprint density at radius 3 is 2.91 bits per heavy atom. The number of amides is 1. The fraction of sp³-hybridized carbons (Fsp3) is 0.267. The van der Waals surface area contributed by atoms with Gasteiger partial charge in [-0.2, -0.15) is 8.78 Å². The monoisotopic (exact) mass is 339 g/mol. The van der Waals surface area contributed by atoms with Crippen molar-refractivity contribution in [2.45, 2.75) is 26.4 Å². The highest BCUT2D eigenvalue weighted by molar-refractivity contribution is 7.15. The maximum atomic E-state index is 12.3. The average molecular weight is 339 g/mol. The SMILES string of the molecule is CCCc1nnc(NC(=O)/C=C/c2ccccc2OC(F)F)s1. The van der Waals surface area contributed by atoms with Crippen molar-refractivity contribution in [1.29, 1.82) is 0 Å². The predicted molar refractivity (Wildman–Crippen MR) is 84.6 cm³/mol. The molecule has 1 amide bonds. The van der Waals surface area contributed by atoms with Crippen molar-refractivity contribution >= 4 is 28.5 Å².